The Morgan fingerprint density at radius 3 is 2.56 bits per heavy atom. The third-order valence-corrected chi connectivity index (χ3v) is 4.38. The van der Waals surface area contributed by atoms with Crippen molar-refractivity contribution >= 4 is 11.9 Å². The minimum Gasteiger partial charge on any atom is -0.479 e. The van der Waals surface area contributed by atoms with Crippen LogP contribution < -0.4 is 0 Å². The fraction of sp³-hybridized carbons (Fsp3) is 0.333. The van der Waals surface area contributed by atoms with Gasteiger partial charge < -0.3 is 19.3 Å². The van der Waals surface area contributed by atoms with Crippen molar-refractivity contribution in [1.82, 2.24) is 9.47 Å². The molecule has 1 saturated heterocycles. The quantitative estimate of drug-likeness (QED) is 0.924. The van der Waals surface area contributed by atoms with Gasteiger partial charge in [-0.3, -0.25) is 4.79 Å². The van der Waals surface area contributed by atoms with Crippen molar-refractivity contribution in [1.29, 1.82) is 0 Å². The highest BCUT2D eigenvalue weighted by Crippen LogP contribution is 2.23. The predicted octanol–water partition coefficient (Wildman–Crippen LogP) is 2.16. The molecular formula is C18H19FN2O4. The largest absolute Gasteiger partial charge is 0.479 e. The first-order valence-electron chi connectivity index (χ1n) is 7.97. The SMILES string of the molecule is Cc1cc(C(=O)N2CCOC(C(=O)O)C2)c(C)n1-c1ccc(F)cc1. The molecule has 2 heterocycles. The first-order chi connectivity index (χ1) is 11.9. The molecular weight excluding hydrogens is 327 g/mol. The number of hydrogen-bond donors (Lipinski definition) is 1. The molecule has 6 nitrogen and oxygen atoms in total. The summed E-state index contributed by atoms with van der Waals surface area (Å²) in [4.78, 5) is 25.4. The van der Waals surface area contributed by atoms with Crippen LogP contribution in [0.4, 0.5) is 4.39 Å². The molecule has 1 aromatic carbocycles. The van der Waals surface area contributed by atoms with Crippen molar-refractivity contribution in [2.75, 3.05) is 19.7 Å². The van der Waals surface area contributed by atoms with E-state index in [1.54, 1.807) is 18.2 Å². The zero-order valence-electron chi connectivity index (χ0n) is 14.0. The van der Waals surface area contributed by atoms with Crippen LogP contribution in [0.2, 0.25) is 0 Å². The van der Waals surface area contributed by atoms with Crippen LogP contribution in [-0.2, 0) is 9.53 Å². The monoisotopic (exact) mass is 346 g/mol. The molecule has 25 heavy (non-hydrogen) atoms. The lowest BCUT2D eigenvalue weighted by Gasteiger charge is -2.30. The zero-order valence-corrected chi connectivity index (χ0v) is 14.0. The van der Waals surface area contributed by atoms with E-state index in [1.807, 2.05) is 18.4 Å². The van der Waals surface area contributed by atoms with Gasteiger partial charge in [-0.2, -0.15) is 0 Å². The Kier molecular flexibility index (Phi) is 4.59. The lowest BCUT2D eigenvalue weighted by molar-refractivity contribution is -0.154. The molecule has 1 atom stereocenters. The number of ether oxygens (including phenoxy) is 1. The van der Waals surface area contributed by atoms with Gasteiger partial charge in [0.2, 0.25) is 0 Å². The Bertz CT molecular complexity index is 813. The number of carbonyl (C=O) groups excluding carboxylic acids is 1. The lowest BCUT2D eigenvalue weighted by Crippen LogP contribution is -2.48. The van der Waals surface area contributed by atoms with E-state index in [2.05, 4.69) is 0 Å². The molecule has 1 aromatic heterocycles. The third kappa shape index (κ3) is 3.28. The summed E-state index contributed by atoms with van der Waals surface area (Å²) in [6.45, 7) is 4.25. The van der Waals surface area contributed by atoms with Crippen molar-refractivity contribution in [3.8, 4) is 5.69 Å². The van der Waals surface area contributed by atoms with Gasteiger partial charge in [0.15, 0.2) is 6.10 Å². The molecule has 1 N–H and O–H groups in total. The number of aromatic nitrogens is 1. The molecule has 1 aliphatic rings. The van der Waals surface area contributed by atoms with Gasteiger partial charge in [-0.05, 0) is 44.2 Å². The van der Waals surface area contributed by atoms with E-state index in [0.29, 0.717) is 12.1 Å². The molecule has 2 aromatic rings. The number of amides is 1. The van der Waals surface area contributed by atoms with Crippen molar-refractivity contribution in [3.05, 3.63) is 53.1 Å². The van der Waals surface area contributed by atoms with E-state index >= 15 is 0 Å². The number of carboxylic acid groups (broad SMARTS) is 1. The fourth-order valence-corrected chi connectivity index (χ4v) is 3.12. The van der Waals surface area contributed by atoms with E-state index in [1.165, 1.54) is 17.0 Å². The molecule has 0 bridgehead atoms. The molecule has 3 rings (SSSR count). The maximum absolute atomic E-state index is 13.2. The van der Waals surface area contributed by atoms with Crippen LogP contribution in [0.25, 0.3) is 5.69 Å². The first kappa shape index (κ1) is 17.2. The minimum atomic E-state index is -1.07. The van der Waals surface area contributed by atoms with Gasteiger partial charge in [0.05, 0.1) is 18.7 Å². The fourth-order valence-electron chi connectivity index (χ4n) is 3.12. The van der Waals surface area contributed by atoms with Gasteiger partial charge in [-0.25, -0.2) is 9.18 Å². The number of nitrogens with zero attached hydrogens (tertiary/aromatic N) is 2. The summed E-state index contributed by atoms with van der Waals surface area (Å²) in [6.07, 6.45) is -1.00. The molecule has 1 amide bonds. The summed E-state index contributed by atoms with van der Waals surface area (Å²) in [5, 5.41) is 9.08. The number of aryl methyl sites for hydroxylation is 1. The number of carboxylic acids is 1. The van der Waals surface area contributed by atoms with E-state index in [-0.39, 0.29) is 24.9 Å². The van der Waals surface area contributed by atoms with Gasteiger partial charge >= 0.3 is 5.97 Å². The van der Waals surface area contributed by atoms with Gasteiger partial charge in [0.1, 0.15) is 5.82 Å². The number of hydrogen-bond acceptors (Lipinski definition) is 3. The van der Waals surface area contributed by atoms with Gasteiger partial charge in [-0.15, -0.1) is 0 Å². The second kappa shape index (κ2) is 6.68. The third-order valence-electron chi connectivity index (χ3n) is 4.38. The van der Waals surface area contributed by atoms with Crippen LogP contribution >= 0.6 is 0 Å². The number of rotatable bonds is 3. The Morgan fingerprint density at radius 1 is 1.24 bits per heavy atom. The first-order valence-corrected chi connectivity index (χ1v) is 7.97. The molecule has 1 aliphatic heterocycles. The summed E-state index contributed by atoms with van der Waals surface area (Å²) in [5.74, 6) is -1.62. The number of aliphatic carboxylic acids is 1. The van der Waals surface area contributed by atoms with Crippen LogP contribution in [-0.4, -0.2) is 52.3 Å². The summed E-state index contributed by atoms with van der Waals surface area (Å²) < 4.78 is 20.2. The number of carbonyl (C=O) groups is 2. The van der Waals surface area contributed by atoms with Crippen LogP contribution in [0, 0.1) is 19.7 Å². The lowest BCUT2D eigenvalue weighted by atomic mass is 10.2. The number of halogens is 1. The van der Waals surface area contributed by atoms with Crippen molar-refractivity contribution in [2.24, 2.45) is 0 Å². The van der Waals surface area contributed by atoms with E-state index in [0.717, 1.165) is 17.1 Å². The molecule has 0 spiro atoms. The molecule has 0 saturated carbocycles. The van der Waals surface area contributed by atoms with Crippen LogP contribution in [0.15, 0.2) is 30.3 Å². The highest BCUT2D eigenvalue weighted by Gasteiger charge is 2.31. The number of morpholine rings is 1. The standard InChI is InChI=1S/C18H19FN2O4/c1-11-9-15(12(2)21(11)14-5-3-13(19)4-6-14)17(22)20-7-8-25-16(10-20)18(23)24/h3-6,9,16H,7-8,10H2,1-2H3,(H,23,24). The molecule has 7 heteroatoms. The highest BCUT2D eigenvalue weighted by molar-refractivity contribution is 5.96. The van der Waals surface area contributed by atoms with Crippen molar-refractivity contribution in [2.45, 2.75) is 20.0 Å². The maximum Gasteiger partial charge on any atom is 0.334 e. The Labute approximate surface area is 144 Å². The smallest absolute Gasteiger partial charge is 0.334 e. The zero-order chi connectivity index (χ0) is 18.1. The normalized spacial score (nSPS) is 17.6. The van der Waals surface area contributed by atoms with Crippen LogP contribution in [0.5, 0.6) is 0 Å². The maximum atomic E-state index is 13.2. The number of benzene rings is 1. The second-order valence-electron chi connectivity index (χ2n) is 6.05. The summed E-state index contributed by atoms with van der Waals surface area (Å²) >= 11 is 0. The van der Waals surface area contributed by atoms with Gasteiger partial charge in [0, 0.05) is 23.6 Å². The van der Waals surface area contributed by atoms with Crippen LogP contribution in [0.1, 0.15) is 21.7 Å². The van der Waals surface area contributed by atoms with Crippen molar-refractivity contribution in [3.63, 3.8) is 0 Å². The average molecular weight is 346 g/mol. The van der Waals surface area contributed by atoms with Crippen LogP contribution in [0.3, 0.4) is 0 Å². The summed E-state index contributed by atoms with van der Waals surface area (Å²) in [5.41, 5.74) is 2.84. The van der Waals surface area contributed by atoms with Gasteiger partial charge in [0.25, 0.3) is 5.91 Å². The molecule has 1 fully saturated rings. The Morgan fingerprint density at radius 2 is 1.92 bits per heavy atom. The Hall–Kier alpha value is -2.67. The van der Waals surface area contributed by atoms with E-state index < -0.39 is 12.1 Å². The van der Waals surface area contributed by atoms with E-state index in [9.17, 15) is 14.0 Å². The second-order valence-corrected chi connectivity index (χ2v) is 6.05. The molecule has 132 valence electrons. The average Bonchev–Trinajstić information content (AvgIpc) is 2.90. The topological polar surface area (TPSA) is 71.8 Å². The minimum absolute atomic E-state index is 0.0222. The van der Waals surface area contributed by atoms with Gasteiger partial charge in [-0.1, -0.05) is 0 Å². The molecule has 0 radical (unpaired) electrons. The Balaban J connectivity index is 1.90. The molecule has 0 aliphatic carbocycles. The molecule has 1 unspecified atom stereocenters. The highest BCUT2D eigenvalue weighted by atomic mass is 19.1. The predicted molar refractivity (Wildman–Crippen MR) is 88.5 cm³/mol. The summed E-state index contributed by atoms with van der Waals surface area (Å²) in [6, 6.07) is 7.81. The van der Waals surface area contributed by atoms with E-state index in [4.69, 9.17) is 9.84 Å². The van der Waals surface area contributed by atoms with Crippen molar-refractivity contribution < 1.29 is 23.8 Å². The summed E-state index contributed by atoms with van der Waals surface area (Å²) in [7, 11) is 0.